The second-order valence-corrected chi connectivity index (χ2v) is 6.62. The van der Waals surface area contributed by atoms with Gasteiger partial charge in [0.15, 0.2) is 0 Å². The number of rotatable bonds is 5. The lowest BCUT2D eigenvalue weighted by Crippen LogP contribution is -2.37. The summed E-state index contributed by atoms with van der Waals surface area (Å²) in [6.07, 6.45) is 1.99. The van der Waals surface area contributed by atoms with Gasteiger partial charge in [-0.2, -0.15) is 0 Å². The molecule has 7 nitrogen and oxygen atoms in total. The van der Waals surface area contributed by atoms with Gasteiger partial charge >= 0.3 is 0 Å². The Kier molecular flexibility index (Phi) is 4.36. The first-order valence-electron chi connectivity index (χ1n) is 6.38. The summed E-state index contributed by atoms with van der Waals surface area (Å²) >= 11 is 0. The normalized spacial score (nSPS) is 19.1. The SMILES string of the molecule is Cc1cc(S(=O)(=O)NCC2CCCN2)ccc1[N+](=O)[O-]. The summed E-state index contributed by atoms with van der Waals surface area (Å²) in [5, 5.41) is 13.9. The molecule has 1 atom stereocenters. The number of hydrogen-bond acceptors (Lipinski definition) is 5. The highest BCUT2D eigenvalue weighted by Crippen LogP contribution is 2.21. The van der Waals surface area contributed by atoms with Crippen molar-refractivity contribution in [3.8, 4) is 0 Å². The molecular formula is C12H17N3O4S. The highest BCUT2D eigenvalue weighted by atomic mass is 32.2. The summed E-state index contributed by atoms with van der Waals surface area (Å²) in [4.78, 5) is 10.2. The van der Waals surface area contributed by atoms with Crippen molar-refractivity contribution in [3.05, 3.63) is 33.9 Å². The van der Waals surface area contributed by atoms with Crippen molar-refractivity contribution in [1.29, 1.82) is 0 Å². The first kappa shape index (κ1) is 14.9. The Hall–Kier alpha value is -1.51. The van der Waals surface area contributed by atoms with Crippen molar-refractivity contribution in [2.24, 2.45) is 0 Å². The number of benzene rings is 1. The zero-order valence-corrected chi connectivity index (χ0v) is 11.9. The van der Waals surface area contributed by atoms with Gasteiger partial charge in [-0.3, -0.25) is 10.1 Å². The Morgan fingerprint density at radius 3 is 2.80 bits per heavy atom. The molecule has 0 radical (unpaired) electrons. The smallest absolute Gasteiger partial charge is 0.272 e. The first-order valence-corrected chi connectivity index (χ1v) is 7.86. The summed E-state index contributed by atoms with van der Waals surface area (Å²) in [7, 11) is -3.63. The molecule has 0 aliphatic carbocycles. The maximum atomic E-state index is 12.1. The lowest BCUT2D eigenvalue weighted by atomic mass is 10.2. The van der Waals surface area contributed by atoms with Crippen molar-refractivity contribution in [1.82, 2.24) is 10.0 Å². The number of nitro benzene ring substituents is 1. The Balaban J connectivity index is 2.12. The molecule has 1 aromatic rings. The molecule has 1 aromatic carbocycles. The lowest BCUT2D eigenvalue weighted by Gasteiger charge is -2.12. The van der Waals surface area contributed by atoms with Gasteiger partial charge in [-0.25, -0.2) is 13.1 Å². The largest absolute Gasteiger partial charge is 0.313 e. The number of nitro groups is 1. The van der Waals surface area contributed by atoms with Crippen LogP contribution in [-0.2, 0) is 10.0 Å². The molecule has 1 fully saturated rings. The minimum Gasteiger partial charge on any atom is -0.313 e. The molecule has 1 heterocycles. The van der Waals surface area contributed by atoms with E-state index in [0.29, 0.717) is 12.1 Å². The highest BCUT2D eigenvalue weighted by Gasteiger charge is 2.21. The number of sulfonamides is 1. The van der Waals surface area contributed by atoms with Gasteiger partial charge in [0, 0.05) is 24.2 Å². The van der Waals surface area contributed by atoms with Crippen LogP contribution in [0.25, 0.3) is 0 Å². The van der Waals surface area contributed by atoms with E-state index in [1.54, 1.807) is 0 Å². The third-order valence-electron chi connectivity index (χ3n) is 3.36. The lowest BCUT2D eigenvalue weighted by molar-refractivity contribution is -0.385. The molecule has 0 bridgehead atoms. The standard InChI is InChI=1S/C12H17N3O4S/c1-9-7-11(4-5-12(9)15(16)17)20(18,19)14-8-10-3-2-6-13-10/h4-5,7,10,13-14H,2-3,6,8H2,1H3. The Labute approximate surface area is 117 Å². The van der Waals surface area contributed by atoms with Crippen molar-refractivity contribution < 1.29 is 13.3 Å². The summed E-state index contributed by atoms with van der Waals surface area (Å²) in [5.41, 5.74) is 0.248. The molecule has 110 valence electrons. The third kappa shape index (κ3) is 3.33. The monoisotopic (exact) mass is 299 g/mol. The topological polar surface area (TPSA) is 101 Å². The molecule has 1 unspecified atom stereocenters. The van der Waals surface area contributed by atoms with E-state index in [-0.39, 0.29) is 16.6 Å². The predicted octanol–water partition coefficient (Wildman–Crippen LogP) is 0.934. The van der Waals surface area contributed by atoms with Gasteiger partial charge in [0.25, 0.3) is 5.69 Å². The molecular weight excluding hydrogens is 282 g/mol. The summed E-state index contributed by atoms with van der Waals surface area (Å²) < 4.78 is 26.8. The van der Waals surface area contributed by atoms with E-state index in [2.05, 4.69) is 10.0 Å². The van der Waals surface area contributed by atoms with Crippen molar-refractivity contribution in [2.75, 3.05) is 13.1 Å². The molecule has 0 aromatic heterocycles. The van der Waals surface area contributed by atoms with Gasteiger partial charge in [-0.1, -0.05) is 0 Å². The van der Waals surface area contributed by atoms with E-state index >= 15 is 0 Å². The van der Waals surface area contributed by atoms with E-state index in [1.165, 1.54) is 25.1 Å². The minimum absolute atomic E-state index is 0.0543. The van der Waals surface area contributed by atoms with E-state index in [0.717, 1.165) is 19.4 Å². The van der Waals surface area contributed by atoms with E-state index in [4.69, 9.17) is 0 Å². The molecule has 0 saturated carbocycles. The Bertz CT molecular complexity index is 609. The van der Waals surface area contributed by atoms with Gasteiger partial charge in [0.2, 0.25) is 10.0 Å². The maximum absolute atomic E-state index is 12.1. The van der Waals surface area contributed by atoms with Gasteiger partial charge in [0.1, 0.15) is 0 Å². The molecule has 1 aliphatic rings. The van der Waals surface area contributed by atoms with Gasteiger partial charge in [-0.15, -0.1) is 0 Å². The fourth-order valence-corrected chi connectivity index (χ4v) is 3.39. The van der Waals surface area contributed by atoms with Crippen LogP contribution in [0, 0.1) is 17.0 Å². The minimum atomic E-state index is -3.63. The van der Waals surface area contributed by atoms with Crippen molar-refractivity contribution >= 4 is 15.7 Å². The van der Waals surface area contributed by atoms with Gasteiger partial charge in [0.05, 0.1) is 9.82 Å². The van der Waals surface area contributed by atoms with Crippen LogP contribution in [0.4, 0.5) is 5.69 Å². The average molecular weight is 299 g/mol. The van der Waals surface area contributed by atoms with Crippen molar-refractivity contribution in [2.45, 2.75) is 30.7 Å². The van der Waals surface area contributed by atoms with Crippen LogP contribution in [0.3, 0.4) is 0 Å². The molecule has 2 N–H and O–H groups in total. The molecule has 1 saturated heterocycles. The second-order valence-electron chi connectivity index (χ2n) is 4.85. The van der Waals surface area contributed by atoms with Crippen LogP contribution in [0.1, 0.15) is 18.4 Å². The molecule has 1 aliphatic heterocycles. The summed E-state index contributed by atoms with van der Waals surface area (Å²) in [5.74, 6) is 0. The van der Waals surface area contributed by atoms with Gasteiger partial charge in [-0.05, 0) is 38.4 Å². The molecule has 8 heteroatoms. The highest BCUT2D eigenvalue weighted by molar-refractivity contribution is 7.89. The number of nitrogens with one attached hydrogen (secondary N) is 2. The van der Waals surface area contributed by atoms with Crippen molar-refractivity contribution in [3.63, 3.8) is 0 Å². The van der Waals surface area contributed by atoms with E-state index in [1.807, 2.05) is 0 Å². The summed E-state index contributed by atoms with van der Waals surface area (Å²) in [6.45, 7) is 2.76. The second kappa shape index (κ2) is 5.86. The van der Waals surface area contributed by atoms with Gasteiger partial charge < -0.3 is 5.32 Å². The quantitative estimate of drug-likeness (QED) is 0.622. The van der Waals surface area contributed by atoms with E-state index in [9.17, 15) is 18.5 Å². The zero-order valence-electron chi connectivity index (χ0n) is 11.1. The number of hydrogen-bond donors (Lipinski definition) is 2. The number of aryl methyl sites for hydroxylation is 1. The third-order valence-corrected chi connectivity index (χ3v) is 4.78. The molecule has 20 heavy (non-hydrogen) atoms. The van der Waals surface area contributed by atoms with Crippen LogP contribution >= 0.6 is 0 Å². The first-order chi connectivity index (χ1) is 9.40. The molecule has 2 rings (SSSR count). The number of nitrogens with zero attached hydrogens (tertiary/aromatic N) is 1. The maximum Gasteiger partial charge on any atom is 0.272 e. The van der Waals surface area contributed by atoms with Crippen LogP contribution in [0.2, 0.25) is 0 Å². The van der Waals surface area contributed by atoms with Crippen LogP contribution in [-0.4, -0.2) is 32.5 Å². The fraction of sp³-hybridized carbons (Fsp3) is 0.500. The van der Waals surface area contributed by atoms with Crippen LogP contribution in [0.5, 0.6) is 0 Å². The Morgan fingerprint density at radius 2 is 2.25 bits per heavy atom. The summed E-state index contributed by atoms with van der Waals surface area (Å²) in [6, 6.07) is 3.96. The predicted molar refractivity (Wildman–Crippen MR) is 74.0 cm³/mol. The zero-order chi connectivity index (χ0) is 14.8. The van der Waals surface area contributed by atoms with Crippen LogP contribution in [0.15, 0.2) is 23.1 Å². The average Bonchev–Trinajstić information content (AvgIpc) is 2.89. The Morgan fingerprint density at radius 1 is 1.50 bits per heavy atom. The molecule has 0 spiro atoms. The van der Waals surface area contributed by atoms with Crippen LogP contribution < -0.4 is 10.0 Å². The van der Waals surface area contributed by atoms with E-state index < -0.39 is 14.9 Å². The fourth-order valence-electron chi connectivity index (χ4n) is 2.22. The molecule has 0 amide bonds.